The Bertz CT molecular complexity index is 439. The number of anilines is 1. The first-order valence-corrected chi connectivity index (χ1v) is 6.54. The Balaban J connectivity index is 2.94. The number of nitro groups is 1. The van der Waals surface area contributed by atoms with E-state index in [1.54, 1.807) is 6.07 Å². The van der Waals surface area contributed by atoms with Crippen LogP contribution in [0.15, 0.2) is 22.7 Å². The summed E-state index contributed by atoms with van der Waals surface area (Å²) in [5, 5.41) is 23.0. The first-order valence-electron chi connectivity index (χ1n) is 5.75. The highest BCUT2D eigenvalue weighted by Crippen LogP contribution is 2.31. The van der Waals surface area contributed by atoms with Crippen molar-refractivity contribution in [2.45, 2.75) is 32.2 Å². The number of halogens is 1. The summed E-state index contributed by atoms with van der Waals surface area (Å²) < 4.78 is 0.648. The molecule has 2 N–H and O–H groups in total. The topological polar surface area (TPSA) is 75.4 Å². The van der Waals surface area contributed by atoms with E-state index in [1.807, 2.05) is 13.8 Å². The van der Waals surface area contributed by atoms with Gasteiger partial charge in [-0.15, -0.1) is 0 Å². The van der Waals surface area contributed by atoms with E-state index in [4.69, 9.17) is 5.11 Å². The van der Waals surface area contributed by atoms with Crippen molar-refractivity contribution >= 4 is 27.3 Å². The molecule has 1 aromatic carbocycles. The van der Waals surface area contributed by atoms with Gasteiger partial charge < -0.3 is 10.4 Å². The lowest BCUT2D eigenvalue weighted by atomic mass is 9.94. The molecule has 100 valence electrons. The Hall–Kier alpha value is -1.14. The Labute approximate surface area is 114 Å². The van der Waals surface area contributed by atoms with E-state index in [0.717, 1.165) is 12.1 Å². The van der Waals surface area contributed by atoms with E-state index < -0.39 is 4.92 Å². The lowest BCUT2D eigenvalue weighted by Gasteiger charge is -2.30. The second kappa shape index (κ2) is 6.15. The van der Waals surface area contributed by atoms with E-state index in [9.17, 15) is 10.1 Å². The van der Waals surface area contributed by atoms with Crippen molar-refractivity contribution in [1.82, 2.24) is 0 Å². The summed E-state index contributed by atoms with van der Waals surface area (Å²) in [4.78, 5) is 10.2. The molecule has 0 bridgehead atoms. The Morgan fingerprint density at radius 2 is 2.22 bits per heavy atom. The van der Waals surface area contributed by atoms with Crippen LogP contribution in [0.4, 0.5) is 11.4 Å². The number of nitro benzene ring substituents is 1. The van der Waals surface area contributed by atoms with Crippen LogP contribution in [0.2, 0.25) is 0 Å². The molecule has 6 heteroatoms. The van der Waals surface area contributed by atoms with Crippen molar-refractivity contribution in [3.05, 3.63) is 32.8 Å². The second-order valence-corrected chi connectivity index (χ2v) is 5.29. The molecule has 1 unspecified atom stereocenters. The van der Waals surface area contributed by atoms with Crippen molar-refractivity contribution in [1.29, 1.82) is 0 Å². The number of aliphatic hydroxyl groups is 1. The molecule has 0 radical (unpaired) electrons. The molecule has 0 heterocycles. The van der Waals surface area contributed by atoms with Gasteiger partial charge in [0.15, 0.2) is 0 Å². The summed E-state index contributed by atoms with van der Waals surface area (Å²) in [5.74, 6) is 0. The molecule has 0 aromatic heterocycles. The van der Waals surface area contributed by atoms with Crippen LogP contribution in [-0.2, 0) is 0 Å². The standard InChI is InChI=1S/C12H17BrN2O3/c1-3-12(2,6-7-16)14-11-5-4-9(15(17)18)8-10(11)13/h4-5,8,14,16H,3,6-7H2,1-2H3. The zero-order chi connectivity index (χ0) is 13.8. The van der Waals surface area contributed by atoms with Crippen LogP contribution in [-0.4, -0.2) is 22.2 Å². The molecule has 0 aliphatic heterocycles. The zero-order valence-electron chi connectivity index (χ0n) is 10.4. The lowest BCUT2D eigenvalue weighted by Crippen LogP contribution is -2.35. The van der Waals surface area contributed by atoms with E-state index in [-0.39, 0.29) is 17.8 Å². The fourth-order valence-corrected chi connectivity index (χ4v) is 2.08. The molecular formula is C12H17BrN2O3. The first kappa shape index (κ1) is 14.9. The van der Waals surface area contributed by atoms with Gasteiger partial charge >= 0.3 is 0 Å². The Kier molecular flexibility index (Phi) is 5.10. The molecule has 0 amide bonds. The molecule has 1 atom stereocenters. The molecule has 5 nitrogen and oxygen atoms in total. The van der Waals surface area contributed by atoms with E-state index in [1.165, 1.54) is 12.1 Å². The maximum atomic E-state index is 10.6. The zero-order valence-corrected chi connectivity index (χ0v) is 12.0. The maximum absolute atomic E-state index is 10.6. The fraction of sp³-hybridized carbons (Fsp3) is 0.500. The average molecular weight is 317 g/mol. The van der Waals surface area contributed by atoms with Gasteiger partial charge in [0.05, 0.1) is 4.92 Å². The molecule has 0 saturated carbocycles. The largest absolute Gasteiger partial charge is 0.396 e. The number of non-ortho nitro benzene ring substituents is 1. The minimum atomic E-state index is -0.429. The van der Waals surface area contributed by atoms with Crippen molar-refractivity contribution < 1.29 is 10.0 Å². The minimum Gasteiger partial charge on any atom is -0.396 e. The predicted molar refractivity (Wildman–Crippen MR) is 74.8 cm³/mol. The van der Waals surface area contributed by atoms with Gasteiger partial charge in [-0.1, -0.05) is 6.92 Å². The third-order valence-corrected chi connectivity index (χ3v) is 3.70. The normalized spacial score (nSPS) is 14.0. The van der Waals surface area contributed by atoms with Crippen LogP contribution < -0.4 is 5.32 Å². The number of aliphatic hydroxyl groups excluding tert-OH is 1. The number of rotatable bonds is 6. The van der Waals surface area contributed by atoms with Gasteiger partial charge in [-0.25, -0.2) is 0 Å². The molecule has 0 spiro atoms. The average Bonchev–Trinajstić information content (AvgIpc) is 2.32. The first-order chi connectivity index (χ1) is 8.41. The van der Waals surface area contributed by atoms with Gasteiger partial charge in [0.2, 0.25) is 0 Å². The molecule has 1 rings (SSSR count). The number of hydrogen-bond donors (Lipinski definition) is 2. The highest BCUT2D eigenvalue weighted by molar-refractivity contribution is 9.10. The summed E-state index contributed by atoms with van der Waals surface area (Å²) in [6.07, 6.45) is 1.46. The van der Waals surface area contributed by atoms with Gasteiger partial charge in [-0.3, -0.25) is 10.1 Å². The second-order valence-electron chi connectivity index (χ2n) is 4.43. The van der Waals surface area contributed by atoms with Crippen molar-refractivity contribution in [2.75, 3.05) is 11.9 Å². The van der Waals surface area contributed by atoms with E-state index in [2.05, 4.69) is 21.2 Å². The highest BCUT2D eigenvalue weighted by Gasteiger charge is 2.22. The van der Waals surface area contributed by atoms with Gasteiger partial charge in [-0.2, -0.15) is 0 Å². The SMILES string of the molecule is CCC(C)(CCO)Nc1ccc([N+](=O)[O-])cc1Br. The third kappa shape index (κ3) is 3.68. The summed E-state index contributed by atoms with van der Waals surface area (Å²) in [6, 6.07) is 4.60. The van der Waals surface area contributed by atoms with Crippen LogP contribution in [0.5, 0.6) is 0 Å². The van der Waals surface area contributed by atoms with Gasteiger partial charge in [0.1, 0.15) is 0 Å². The highest BCUT2D eigenvalue weighted by atomic mass is 79.9. The number of benzene rings is 1. The van der Waals surface area contributed by atoms with Crippen molar-refractivity contribution in [2.24, 2.45) is 0 Å². The summed E-state index contributed by atoms with van der Waals surface area (Å²) in [5.41, 5.74) is 0.610. The molecule has 0 fully saturated rings. The van der Waals surface area contributed by atoms with Crippen molar-refractivity contribution in [3.8, 4) is 0 Å². The van der Waals surface area contributed by atoms with Crippen LogP contribution in [0, 0.1) is 10.1 Å². The lowest BCUT2D eigenvalue weighted by molar-refractivity contribution is -0.384. The minimum absolute atomic E-state index is 0.0489. The predicted octanol–water partition coefficient (Wildman–Crippen LogP) is 3.32. The summed E-state index contributed by atoms with van der Waals surface area (Å²) in [6.45, 7) is 4.14. The smallest absolute Gasteiger partial charge is 0.270 e. The van der Waals surface area contributed by atoms with Crippen LogP contribution in [0.3, 0.4) is 0 Å². The van der Waals surface area contributed by atoms with Gasteiger partial charge in [-0.05, 0) is 41.8 Å². The summed E-state index contributed by atoms with van der Waals surface area (Å²) in [7, 11) is 0. The maximum Gasteiger partial charge on any atom is 0.270 e. The number of nitrogens with zero attached hydrogens (tertiary/aromatic N) is 1. The third-order valence-electron chi connectivity index (χ3n) is 3.04. The Morgan fingerprint density at radius 3 is 2.67 bits per heavy atom. The number of nitrogens with one attached hydrogen (secondary N) is 1. The molecule has 0 aliphatic carbocycles. The van der Waals surface area contributed by atoms with Crippen molar-refractivity contribution in [3.63, 3.8) is 0 Å². The van der Waals surface area contributed by atoms with Crippen LogP contribution >= 0.6 is 15.9 Å². The molecule has 18 heavy (non-hydrogen) atoms. The molecule has 1 aromatic rings. The monoisotopic (exact) mass is 316 g/mol. The molecule has 0 saturated heterocycles. The number of hydrogen-bond acceptors (Lipinski definition) is 4. The summed E-state index contributed by atoms with van der Waals surface area (Å²) >= 11 is 3.32. The van der Waals surface area contributed by atoms with Crippen LogP contribution in [0.1, 0.15) is 26.7 Å². The van der Waals surface area contributed by atoms with E-state index in [0.29, 0.717) is 10.9 Å². The quantitative estimate of drug-likeness (QED) is 0.623. The van der Waals surface area contributed by atoms with Gasteiger partial charge in [0, 0.05) is 34.4 Å². The molecule has 0 aliphatic rings. The van der Waals surface area contributed by atoms with Gasteiger partial charge in [0.25, 0.3) is 5.69 Å². The molecular weight excluding hydrogens is 300 g/mol. The fourth-order valence-electron chi connectivity index (χ4n) is 1.62. The van der Waals surface area contributed by atoms with E-state index >= 15 is 0 Å². The van der Waals surface area contributed by atoms with Crippen LogP contribution in [0.25, 0.3) is 0 Å². The Morgan fingerprint density at radius 1 is 1.56 bits per heavy atom.